The van der Waals surface area contributed by atoms with Gasteiger partial charge in [0.1, 0.15) is 5.75 Å². The number of nitrogens with zero attached hydrogens (tertiary/aromatic N) is 4. The third-order valence-electron chi connectivity index (χ3n) is 4.53. The third kappa shape index (κ3) is 4.22. The number of hydrogen-bond donors (Lipinski definition) is 0. The summed E-state index contributed by atoms with van der Waals surface area (Å²) in [6.45, 7) is 2.78. The molecule has 1 aliphatic heterocycles. The van der Waals surface area contributed by atoms with Crippen LogP contribution in [0, 0.1) is 3.57 Å². The summed E-state index contributed by atoms with van der Waals surface area (Å²) in [5.41, 5.74) is 2.22. The molecule has 0 spiro atoms. The van der Waals surface area contributed by atoms with Crippen LogP contribution in [-0.4, -0.2) is 33.3 Å². The van der Waals surface area contributed by atoms with Gasteiger partial charge >= 0.3 is 5.97 Å². The third-order valence-corrected chi connectivity index (χ3v) is 5.73. The fourth-order valence-electron chi connectivity index (χ4n) is 3.30. The van der Waals surface area contributed by atoms with Crippen LogP contribution >= 0.6 is 34.4 Å². The highest BCUT2D eigenvalue weighted by Crippen LogP contribution is 2.45. The summed E-state index contributed by atoms with van der Waals surface area (Å²) in [6, 6.07) is 12.6. The summed E-state index contributed by atoms with van der Waals surface area (Å²) < 4.78 is 12.6. The van der Waals surface area contributed by atoms with Crippen LogP contribution in [0.5, 0.6) is 11.6 Å². The Kier molecular flexibility index (Phi) is 6.10. The lowest BCUT2D eigenvalue weighted by atomic mass is 10.1. The summed E-state index contributed by atoms with van der Waals surface area (Å²) >= 11 is 3.49. The Hall–Kier alpha value is -2.73. The molecule has 0 bridgehead atoms. The van der Waals surface area contributed by atoms with Crippen LogP contribution in [0.1, 0.15) is 25.6 Å². The van der Waals surface area contributed by atoms with Crippen LogP contribution in [0.4, 0.5) is 5.69 Å². The number of carbonyl (C=O) groups is 2. The molecule has 8 nitrogen and oxygen atoms in total. The van der Waals surface area contributed by atoms with Crippen molar-refractivity contribution in [3.8, 4) is 22.9 Å². The van der Waals surface area contributed by atoms with Crippen LogP contribution in [0.15, 0.2) is 47.6 Å². The van der Waals surface area contributed by atoms with E-state index in [1.54, 1.807) is 6.07 Å². The number of hydrogen-bond acceptors (Lipinski definition) is 8. The minimum Gasteiger partial charge on any atom is -0.447 e. The monoisotopic (exact) mass is 548 g/mol. The van der Waals surface area contributed by atoms with E-state index < -0.39 is 12.2 Å². The van der Waals surface area contributed by atoms with Gasteiger partial charge < -0.3 is 9.47 Å². The molecule has 158 valence electrons. The second kappa shape index (κ2) is 8.79. The van der Waals surface area contributed by atoms with Crippen molar-refractivity contribution in [3.05, 3.63) is 51.6 Å². The summed E-state index contributed by atoms with van der Waals surface area (Å²) in [6.07, 6.45) is 0.904. The molecule has 1 aliphatic rings. The first-order valence-corrected chi connectivity index (χ1v) is 11.5. The van der Waals surface area contributed by atoms with Gasteiger partial charge in [-0.2, -0.15) is 4.98 Å². The van der Waals surface area contributed by atoms with Gasteiger partial charge in [-0.15, -0.1) is 10.2 Å². The number of carbonyl (C=O) groups excluding carboxylic acids is 2. The predicted molar refractivity (Wildman–Crippen MR) is 124 cm³/mol. The lowest BCUT2D eigenvalue weighted by Gasteiger charge is -2.30. The molecule has 3 aromatic rings. The fourth-order valence-corrected chi connectivity index (χ4v) is 4.11. The zero-order valence-electron chi connectivity index (χ0n) is 16.8. The van der Waals surface area contributed by atoms with Crippen LogP contribution in [0.3, 0.4) is 0 Å². The van der Waals surface area contributed by atoms with Crippen molar-refractivity contribution < 1.29 is 19.1 Å². The molecule has 2 heterocycles. The Bertz CT molecular complexity index is 1190. The van der Waals surface area contributed by atoms with Gasteiger partial charge in [-0.25, -0.2) is 0 Å². The second-order valence-corrected chi connectivity index (χ2v) is 8.62. The molecule has 10 heteroatoms. The van der Waals surface area contributed by atoms with Crippen molar-refractivity contribution in [2.75, 3.05) is 11.2 Å². The normalized spacial score (nSPS) is 14.7. The van der Waals surface area contributed by atoms with E-state index in [2.05, 4.69) is 37.8 Å². The molecule has 1 atom stereocenters. The highest BCUT2D eigenvalue weighted by molar-refractivity contribution is 14.1. The van der Waals surface area contributed by atoms with Crippen LogP contribution in [0.25, 0.3) is 11.3 Å². The average Bonchev–Trinajstić information content (AvgIpc) is 2.88. The number of halogens is 1. The zero-order chi connectivity index (χ0) is 22.1. The molecule has 0 fully saturated rings. The van der Waals surface area contributed by atoms with Gasteiger partial charge in [0.15, 0.2) is 5.69 Å². The molecular weight excluding hydrogens is 531 g/mol. The molecule has 0 aliphatic carbocycles. The Morgan fingerprint density at radius 1 is 1.16 bits per heavy atom. The quantitative estimate of drug-likeness (QED) is 0.208. The van der Waals surface area contributed by atoms with Crippen molar-refractivity contribution in [2.24, 2.45) is 0 Å². The van der Waals surface area contributed by atoms with E-state index in [0.717, 1.165) is 3.57 Å². The van der Waals surface area contributed by atoms with Gasteiger partial charge in [0.05, 0.1) is 11.3 Å². The summed E-state index contributed by atoms with van der Waals surface area (Å²) in [5.74, 6) is -0.179. The SMILES string of the molecule is CSc1nnc2c(n1)OC(c1cc(I)ccc1OC(C)=O)N(C(C)=O)c1ccccc1-2. The zero-order valence-corrected chi connectivity index (χ0v) is 19.8. The van der Waals surface area contributed by atoms with E-state index in [1.165, 1.54) is 30.5 Å². The molecule has 1 unspecified atom stereocenters. The van der Waals surface area contributed by atoms with Crippen molar-refractivity contribution in [1.82, 2.24) is 15.2 Å². The smallest absolute Gasteiger partial charge is 0.308 e. The number of thioether (sulfide) groups is 1. The van der Waals surface area contributed by atoms with Gasteiger partial charge in [0.25, 0.3) is 0 Å². The average molecular weight is 548 g/mol. The standard InChI is InChI=1S/C21H17IN4O4S/c1-11(27)26-16-7-5-4-6-14(16)18-19(23-21(31-3)25-24-18)30-20(26)15-10-13(22)8-9-17(15)29-12(2)28/h4-10,20H,1-3H3. The Morgan fingerprint density at radius 3 is 2.65 bits per heavy atom. The topological polar surface area (TPSA) is 94.5 Å². The maximum atomic E-state index is 12.9. The van der Waals surface area contributed by atoms with E-state index in [9.17, 15) is 9.59 Å². The number of anilines is 1. The number of ether oxygens (including phenoxy) is 2. The summed E-state index contributed by atoms with van der Waals surface area (Å²) in [5, 5.41) is 8.90. The lowest BCUT2D eigenvalue weighted by Crippen LogP contribution is -2.36. The highest BCUT2D eigenvalue weighted by atomic mass is 127. The Balaban J connectivity index is 1.99. The molecule has 31 heavy (non-hydrogen) atoms. The van der Waals surface area contributed by atoms with Crippen LogP contribution < -0.4 is 14.4 Å². The van der Waals surface area contributed by atoms with E-state index in [4.69, 9.17) is 9.47 Å². The lowest BCUT2D eigenvalue weighted by molar-refractivity contribution is -0.132. The number of aromatic nitrogens is 3. The van der Waals surface area contributed by atoms with E-state index in [1.807, 2.05) is 42.7 Å². The minimum absolute atomic E-state index is 0.244. The first kappa shape index (κ1) is 21.5. The van der Waals surface area contributed by atoms with Crippen LogP contribution in [0.2, 0.25) is 0 Å². The summed E-state index contributed by atoms with van der Waals surface area (Å²) in [4.78, 5) is 30.6. The molecule has 1 aromatic heterocycles. The van der Waals surface area contributed by atoms with Crippen molar-refractivity contribution in [1.29, 1.82) is 0 Å². The van der Waals surface area contributed by atoms with Crippen molar-refractivity contribution in [2.45, 2.75) is 25.2 Å². The molecule has 0 saturated carbocycles. The number of benzene rings is 2. The van der Waals surface area contributed by atoms with Gasteiger partial charge in [-0.05, 0) is 53.1 Å². The Morgan fingerprint density at radius 2 is 1.94 bits per heavy atom. The molecule has 2 aromatic carbocycles. The summed E-state index contributed by atoms with van der Waals surface area (Å²) in [7, 11) is 0. The van der Waals surface area contributed by atoms with Gasteiger partial charge in [-0.3, -0.25) is 14.5 Å². The second-order valence-electron chi connectivity index (χ2n) is 6.60. The number of para-hydroxylation sites is 1. The Labute approximate surface area is 196 Å². The first-order chi connectivity index (χ1) is 14.9. The fraction of sp³-hybridized carbons (Fsp3) is 0.190. The van der Waals surface area contributed by atoms with E-state index >= 15 is 0 Å². The van der Waals surface area contributed by atoms with Gasteiger partial charge in [0, 0.05) is 23.0 Å². The largest absolute Gasteiger partial charge is 0.447 e. The van der Waals surface area contributed by atoms with Crippen molar-refractivity contribution >= 4 is 51.9 Å². The molecule has 1 amide bonds. The molecule has 4 rings (SSSR count). The molecule has 0 radical (unpaired) electrons. The van der Waals surface area contributed by atoms with Gasteiger partial charge in [0.2, 0.25) is 23.2 Å². The van der Waals surface area contributed by atoms with Gasteiger partial charge in [-0.1, -0.05) is 30.0 Å². The maximum absolute atomic E-state index is 12.9. The number of rotatable bonds is 3. The van der Waals surface area contributed by atoms with E-state index in [-0.39, 0.29) is 11.8 Å². The predicted octanol–water partition coefficient (Wildman–Crippen LogP) is 4.23. The highest BCUT2D eigenvalue weighted by Gasteiger charge is 2.36. The van der Waals surface area contributed by atoms with Crippen molar-refractivity contribution in [3.63, 3.8) is 0 Å². The number of esters is 1. The van der Waals surface area contributed by atoms with E-state index in [0.29, 0.717) is 33.4 Å². The number of fused-ring (bicyclic) bond motifs is 3. The molecular formula is C21H17IN4O4S. The maximum Gasteiger partial charge on any atom is 0.308 e. The number of amides is 1. The molecule has 0 saturated heterocycles. The minimum atomic E-state index is -0.935. The first-order valence-electron chi connectivity index (χ1n) is 9.21. The van der Waals surface area contributed by atoms with Crippen LogP contribution in [-0.2, 0) is 9.59 Å². The molecule has 0 N–H and O–H groups in total.